The zero-order valence-corrected chi connectivity index (χ0v) is 23.8. The number of nitrogens with two attached hydrogens (primary N) is 1. The number of aliphatic imine (C=N–C) groups is 1. The van der Waals surface area contributed by atoms with E-state index >= 15 is 0 Å². The van der Waals surface area contributed by atoms with E-state index in [-0.39, 0.29) is 36.4 Å². The molecule has 0 aromatic heterocycles. The Morgan fingerprint density at radius 1 is 1.18 bits per heavy atom. The first-order chi connectivity index (χ1) is 18.3. The van der Waals surface area contributed by atoms with Crippen molar-refractivity contribution in [2.45, 2.75) is 76.1 Å². The van der Waals surface area contributed by atoms with Crippen LogP contribution in [0.15, 0.2) is 53.5 Å². The largest absolute Gasteiger partial charge is 0.387 e. The number of benzene rings is 2. The fourth-order valence-corrected chi connectivity index (χ4v) is 6.38. The van der Waals surface area contributed by atoms with Crippen LogP contribution >= 0.6 is 0 Å². The number of hydrogen-bond donors (Lipinski definition) is 3. The van der Waals surface area contributed by atoms with Gasteiger partial charge in [-0.15, -0.1) is 0 Å². The lowest BCUT2D eigenvalue weighted by Gasteiger charge is -2.40. The van der Waals surface area contributed by atoms with E-state index in [1.165, 1.54) is 4.90 Å². The number of amides is 2. The summed E-state index contributed by atoms with van der Waals surface area (Å²) in [7, 11) is -3.34. The third-order valence-corrected chi connectivity index (χ3v) is 9.06. The molecule has 1 heterocycles. The summed E-state index contributed by atoms with van der Waals surface area (Å²) in [6, 6.07) is 13.1. The quantitative estimate of drug-likeness (QED) is 0.435. The summed E-state index contributed by atoms with van der Waals surface area (Å²) < 4.78 is 24.2. The molecule has 0 saturated heterocycles. The Morgan fingerprint density at radius 2 is 1.87 bits per heavy atom. The first-order valence-corrected chi connectivity index (χ1v) is 15.4. The van der Waals surface area contributed by atoms with Gasteiger partial charge in [0.05, 0.1) is 35.4 Å². The Morgan fingerprint density at radius 3 is 2.51 bits per heavy atom. The highest BCUT2D eigenvalue weighted by Crippen LogP contribution is 2.39. The van der Waals surface area contributed by atoms with Gasteiger partial charge in [0.25, 0.3) is 5.91 Å². The molecule has 2 aromatic carbocycles. The SMILES string of the molecule is CCC1(CC)CC(=O)N([C@H](CCS(C)(=O)=O)c2cccc(C(=O)N[C@@H]3c4ccccc4CC3(C)O)c2)C(N)=N1. The minimum atomic E-state index is -3.34. The van der Waals surface area contributed by atoms with Crippen LogP contribution in [0.5, 0.6) is 0 Å². The molecule has 2 aromatic rings. The maximum atomic E-state index is 13.4. The third-order valence-electron chi connectivity index (χ3n) is 8.08. The average molecular weight is 555 g/mol. The molecule has 1 aliphatic heterocycles. The lowest BCUT2D eigenvalue weighted by atomic mass is 9.87. The first-order valence-electron chi connectivity index (χ1n) is 13.4. The monoisotopic (exact) mass is 554 g/mol. The Kier molecular flexibility index (Phi) is 7.91. The number of hydrogen-bond acceptors (Lipinski definition) is 7. The Bertz CT molecular complexity index is 1400. The second-order valence-electron chi connectivity index (χ2n) is 11.0. The predicted molar refractivity (Wildman–Crippen MR) is 151 cm³/mol. The molecule has 0 bridgehead atoms. The van der Waals surface area contributed by atoms with E-state index in [2.05, 4.69) is 10.3 Å². The van der Waals surface area contributed by atoms with Crippen molar-refractivity contribution in [3.05, 3.63) is 70.8 Å². The molecule has 4 rings (SSSR count). The molecule has 10 heteroatoms. The Balaban J connectivity index is 1.67. The lowest BCUT2D eigenvalue weighted by Crippen LogP contribution is -2.52. The van der Waals surface area contributed by atoms with E-state index < -0.39 is 33.1 Å². The van der Waals surface area contributed by atoms with Gasteiger partial charge in [0.2, 0.25) is 5.91 Å². The van der Waals surface area contributed by atoms with Gasteiger partial charge in [0.15, 0.2) is 5.96 Å². The van der Waals surface area contributed by atoms with Crippen LogP contribution < -0.4 is 11.1 Å². The van der Waals surface area contributed by atoms with Gasteiger partial charge in [0.1, 0.15) is 9.84 Å². The zero-order valence-electron chi connectivity index (χ0n) is 23.0. The number of nitrogens with zero attached hydrogens (tertiary/aromatic N) is 2. The summed E-state index contributed by atoms with van der Waals surface area (Å²) in [6.45, 7) is 5.63. The van der Waals surface area contributed by atoms with Gasteiger partial charge >= 0.3 is 0 Å². The number of aliphatic hydroxyl groups is 1. The van der Waals surface area contributed by atoms with Crippen molar-refractivity contribution < 1.29 is 23.1 Å². The van der Waals surface area contributed by atoms with Gasteiger partial charge < -0.3 is 16.2 Å². The van der Waals surface area contributed by atoms with Gasteiger partial charge in [-0.1, -0.05) is 50.2 Å². The second-order valence-corrected chi connectivity index (χ2v) is 13.3. The zero-order chi connectivity index (χ0) is 28.6. The van der Waals surface area contributed by atoms with Crippen LogP contribution in [0.1, 0.15) is 85.6 Å². The van der Waals surface area contributed by atoms with Crippen LogP contribution in [0.3, 0.4) is 0 Å². The van der Waals surface area contributed by atoms with Crippen LogP contribution in [0, 0.1) is 0 Å². The number of rotatable bonds is 9. The minimum Gasteiger partial charge on any atom is -0.387 e. The molecule has 0 spiro atoms. The average Bonchev–Trinajstić information content (AvgIpc) is 3.13. The molecule has 0 saturated carbocycles. The molecule has 2 aliphatic rings. The molecule has 9 nitrogen and oxygen atoms in total. The van der Waals surface area contributed by atoms with Crippen molar-refractivity contribution in [2.24, 2.45) is 10.7 Å². The highest BCUT2D eigenvalue weighted by atomic mass is 32.2. The van der Waals surface area contributed by atoms with Crippen molar-refractivity contribution >= 4 is 27.6 Å². The van der Waals surface area contributed by atoms with Gasteiger partial charge in [0, 0.05) is 18.2 Å². The summed E-state index contributed by atoms with van der Waals surface area (Å²) in [4.78, 5) is 32.9. The predicted octanol–water partition coefficient (Wildman–Crippen LogP) is 3.05. The lowest BCUT2D eigenvalue weighted by molar-refractivity contribution is -0.131. The Hall–Kier alpha value is -3.24. The van der Waals surface area contributed by atoms with Crippen LogP contribution in [-0.4, -0.2) is 59.3 Å². The maximum Gasteiger partial charge on any atom is 0.251 e. The molecule has 0 fully saturated rings. The van der Waals surface area contributed by atoms with Crippen LogP contribution in [0.25, 0.3) is 0 Å². The molecule has 39 heavy (non-hydrogen) atoms. The van der Waals surface area contributed by atoms with Crippen molar-refractivity contribution in [1.29, 1.82) is 0 Å². The van der Waals surface area contributed by atoms with E-state index in [1.54, 1.807) is 31.2 Å². The third kappa shape index (κ3) is 6.01. The second kappa shape index (κ2) is 10.7. The molecular weight excluding hydrogens is 516 g/mol. The molecule has 4 N–H and O–H groups in total. The van der Waals surface area contributed by atoms with Gasteiger partial charge in [-0.2, -0.15) is 0 Å². The highest BCUT2D eigenvalue weighted by Gasteiger charge is 2.43. The molecule has 210 valence electrons. The fraction of sp³-hybridized carbons (Fsp3) is 0.483. The first kappa shape index (κ1) is 28.8. The van der Waals surface area contributed by atoms with Gasteiger partial charge in [-0.25, -0.2) is 13.4 Å². The number of carbonyl (C=O) groups excluding carboxylic acids is 2. The van der Waals surface area contributed by atoms with Gasteiger partial charge in [-0.3, -0.25) is 14.5 Å². The van der Waals surface area contributed by atoms with Crippen LogP contribution in [-0.2, 0) is 21.1 Å². The smallest absolute Gasteiger partial charge is 0.251 e. The normalized spacial score (nSPS) is 23.2. The molecule has 1 aliphatic carbocycles. The number of carbonyl (C=O) groups is 2. The van der Waals surface area contributed by atoms with E-state index in [9.17, 15) is 23.1 Å². The van der Waals surface area contributed by atoms with E-state index in [4.69, 9.17) is 5.73 Å². The molecule has 1 unspecified atom stereocenters. The van der Waals surface area contributed by atoms with Crippen LogP contribution in [0.4, 0.5) is 0 Å². The number of nitrogens with one attached hydrogen (secondary N) is 1. The van der Waals surface area contributed by atoms with E-state index in [0.717, 1.165) is 17.4 Å². The topological polar surface area (TPSA) is 142 Å². The summed E-state index contributed by atoms with van der Waals surface area (Å²) in [5.74, 6) is -0.720. The number of fused-ring (bicyclic) bond motifs is 1. The summed E-state index contributed by atoms with van der Waals surface area (Å²) in [5, 5.41) is 14.0. The molecular formula is C29H38N4O5S. The standard InChI is InChI=1S/C29H38N4O5S/c1-5-29(6-2)18-24(34)33(27(30)32-29)23(14-15-39(4,37)38)19-11-9-12-20(16-19)26(35)31-25-22-13-8-7-10-21(22)17-28(25,3)36/h7-13,16,23,25,36H,5-6,14-15,17-18H2,1-4H3,(H2,30,32)(H,31,35)/t23-,25-,28?/m1/s1. The maximum absolute atomic E-state index is 13.4. The summed E-state index contributed by atoms with van der Waals surface area (Å²) in [5.41, 5.74) is 7.39. The van der Waals surface area contributed by atoms with E-state index in [0.29, 0.717) is 30.4 Å². The van der Waals surface area contributed by atoms with Crippen molar-refractivity contribution in [2.75, 3.05) is 12.0 Å². The highest BCUT2D eigenvalue weighted by molar-refractivity contribution is 7.90. The summed E-state index contributed by atoms with van der Waals surface area (Å²) >= 11 is 0. The molecule has 0 radical (unpaired) electrons. The Labute approximate surface area is 230 Å². The van der Waals surface area contributed by atoms with Gasteiger partial charge in [-0.05, 0) is 55.0 Å². The summed E-state index contributed by atoms with van der Waals surface area (Å²) in [6.07, 6.45) is 3.15. The van der Waals surface area contributed by atoms with Crippen molar-refractivity contribution in [1.82, 2.24) is 10.2 Å². The van der Waals surface area contributed by atoms with Crippen molar-refractivity contribution in [3.8, 4) is 0 Å². The number of sulfone groups is 1. The molecule has 3 atom stereocenters. The van der Waals surface area contributed by atoms with Crippen LogP contribution in [0.2, 0.25) is 0 Å². The van der Waals surface area contributed by atoms with Crippen molar-refractivity contribution in [3.63, 3.8) is 0 Å². The minimum absolute atomic E-state index is 0.0573. The molecule has 2 amide bonds. The fourth-order valence-electron chi connectivity index (χ4n) is 5.73. The van der Waals surface area contributed by atoms with E-state index in [1.807, 2.05) is 38.1 Å². The number of guanidine groups is 1.